The summed E-state index contributed by atoms with van der Waals surface area (Å²) in [6.07, 6.45) is 0.718. The largest absolute Gasteiger partial charge is 0.480 e. The Kier molecular flexibility index (Phi) is 7.93. The van der Waals surface area contributed by atoms with Crippen molar-refractivity contribution < 1.29 is 27.9 Å². The molecule has 0 aromatic carbocycles. The predicted molar refractivity (Wildman–Crippen MR) is 76.4 cm³/mol. The fraction of sp³-hybridized carbons (Fsp3) is 0.750. The van der Waals surface area contributed by atoms with Crippen molar-refractivity contribution in [1.29, 1.82) is 0 Å². The predicted octanol–water partition coefficient (Wildman–Crippen LogP) is -0.847. The van der Waals surface area contributed by atoms with Gasteiger partial charge in [0.2, 0.25) is 11.8 Å². The van der Waals surface area contributed by atoms with Crippen LogP contribution >= 0.6 is 0 Å². The summed E-state index contributed by atoms with van der Waals surface area (Å²) in [6.45, 7) is 5.38. The van der Waals surface area contributed by atoms with Crippen molar-refractivity contribution >= 4 is 27.6 Å². The highest BCUT2D eigenvalue weighted by molar-refractivity contribution is 7.92. The molecule has 0 spiro atoms. The number of nitrogens with one attached hydrogen (secondary N) is 2. The van der Waals surface area contributed by atoms with Crippen LogP contribution in [0.25, 0.3) is 0 Å². The fourth-order valence-electron chi connectivity index (χ4n) is 1.48. The molecule has 0 radical (unpaired) electrons. The molecule has 0 bridgehead atoms. The van der Waals surface area contributed by atoms with Crippen LogP contribution in [0.5, 0.6) is 0 Å². The molecule has 122 valence electrons. The van der Waals surface area contributed by atoms with Crippen LogP contribution in [0.3, 0.4) is 0 Å². The Hall–Kier alpha value is -1.64. The third-order valence-corrected chi connectivity index (χ3v) is 4.03. The summed E-state index contributed by atoms with van der Waals surface area (Å²) in [5, 5.41) is 13.3. The summed E-state index contributed by atoms with van der Waals surface area (Å²) in [4.78, 5) is 33.2. The monoisotopic (exact) mass is 322 g/mol. The quantitative estimate of drug-likeness (QED) is 0.507. The highest BCUT2D eigenvalue weighted by Gasteiger charge is 2.27. The fourth-order valence-corrected chi connectivity index (χ4v) is 2.84. The minimum atomic E-state index is -3.93. The number of hydrogen-bond acceptors (Lipinski definition) is 5. The first-order chi connectivity index (χ1) is 9.53. The van der Waals surface area contributed by atoms with E-state index in [1.807, 2.05) is 19.2 Å². The zero-order chi connectivity index (χ0) is 16.6. The van der Waals surface area contributed by atoms with E-state index >= 15 is 0 Å². The van der Waals surface area contributed by atoms with Gasteiger partial charge in [0, 0.05) is 13.5 Å². The zero-order valence-corrected chi connectivity index (χ0v) is 13.2. The van der Waals surface area contributed by atoms with Gasteiger partial charge in [0.1, 0.15) is 11.8 Å². The van der Waals surface area contributed by atoms with Gasteiger partial charge in [-0.3, -0.25) is 9.59 Å². The molecule has 0 rings (SSSR count). The standard InChI is InChI=1S/C12H22N2O6S/c1-8(2)4-5-13-11(16)7-21(19,20)6-10(12(17)18)14-9(3)15/h8,10H,4-7H2,1-3H3,(H,13,16)(H,14,15)(H,17,18)/t10-/m0/s1. The molecule has 0 heterocycles. The van der Waals surface area contributed by atoms with E-state index in [0.717, 1.165) is 13.3 Å². The lowest BCUT2D eigenvalue weighted by atomic mass is 10.1. The summed E-state index contributed by atoms with van der Waals surface area (Å²) >= 11 is 0. The van der Waals surface area contributed by atoms with Crippen molar-refractivity contribution in [2.45, 2.75) is 33.2 Å². The van der Waals surface area contributed by atoms with Crippen LogP contribution in [-0.2, 0) is 24.2 Å². The van der Waals surface area contributed by atoms with Gasteiger partial charge in [-0.05, 0) is 12.3 Å². The second-order valence-corrected chi connectivity index (χ2v) is 7.29. The highest BCUT2D eigenvalue weighted by atomic mass is 32.2. The number of carbonyl (C=O) groups is 3. The summed E-state index contributed by atoms with van der Waals surface area (Å²) < 4.78 is 23.5. The van der Waals surface area contributed by atoms with E-state index in [9.17, 15) is 22.8 Å². The SMILES string of the molecule is CC(=O)N[C@@H](CS(=O)(=O)CC(=O)NCCC(C)C)C(=O)O. The maximum absolute atomic E-state index is 11.8. The number of sulfone groups is 1. The number of aliphatic carboxylic acids is 1. The van der Waals surface area contributed by atoms with Crippen molar-refractivity contribution in [3.63, 3.8) is 0 Å². The normalized spacial score (nSPS) is 12.8. The van der Waals surface area contributed by atoms with E-state index in [0.29, 0.717) is 12.5 Å². The smallest absolute Gasteiger partial charge is 0.327 e. The van der Waals surface area contributed by atoms with Crippen LogP contribution in [0.4, 0.5) is 0 Å². The number of hydrogen-bond donors (Lipinski definition) is 3. The summed E-state index contributed by atoms with van der Waals surface area (Å²) in [5.74, 6) is -4.04. The zero-order valence-electron chi connectivity index (χ0n) is 12.4. The Morgan fingerprint density at radius 2 is 1.76 bits per heavy atom. The maximum atomic E-state index is 11.8. The van der Waals surface area contributed by atoms with Crippen LogP contribution in [0, 0.1) is 5.92 Å². The molecule has 0 aliphatic heterocycles. The van der Waals surface area contributed by atoms with Crippen molar-refractivity contribution in [1.82, 2.24) is 10.6 Å². The number of rotatable bonds is 9. The molecule has 0 saturated carbocycles. The van der Waals surface area contributed by atoms with Crippen LogP contribution in [0.15, 0.2) is 0 Å². The second-order valence-electron chi connectivity index (χ2n) is 5.18. The second kappa shape index (κ2) is 8.60. The topological polar surface area (TPSA) is 130 Å². The highest BCUT2D eigenvalue weighted by Crippen LogP contribution is 1.99. The van der Waals surface area contributed by atoms with Crippen LogP contribution in [0.2, 0.25) is 0 Å². The third kappa shape index (κ3) is 9.83. The van der Waals surface area contributed by atoms with Gasteiger partial charge in [0.15, 0.2) is 9.84 Å². The lowest BCUT2D eigenvalue weighted by molar-refractivity contribution is -0.140. The molecule has 0 saturated heterocycles. The summed E-state index contributed by atoms with van der Waals surface area (Å²) in [7, 11) is -3.93. The first-order valence-corrected chi connectivity index (χ1v) is 8.32. The molecule has 0 aliphatic rings. The van der Waals surface area contributed by atoms with Crippen molar-refractivity contribution in [2.75, 3.05) is 18.1 Å². The third-order valence-electron chi connectivity index (χ3n) is 2.49. The number of carboxylic acids is 1. The van der Waals surface area contributed by atoms with Gasteiger partial charge in [-0.15, -0.1) is 0 Å². The van der Waals surface area contributed by atoms with Crippen molar-refractivity contribution in [3.05, 3.63) is 0 Å². The van der Waals surface area contributed by atoms with Crippen molar-refractivity contribution in [3.8, 4) is 0 Å². The summed E-state index contributed by atoms with van der Waals surface area (Å²) in [6, 6.07) is -1.56. The molecule has 8 nitrogen and oxygen atoms in total. The van der Waals surface area contributed by atoms with Gasteiger partial charge < -0.3 is 15.7 Å². The van der Waals surface area contributed by atoms with Crippen LogP contribution < -0.4 is 10.6 Å². The molecule has 0 aliphatic carbocycles. The molecule has 3 N–H and O–H groups in total. The van der Waals surface area contributed by atoms with Crippen LogP contribution in [-0.4, -0.2) is 55.4 Å². The molecule has 0 unspecified atom stereocenters. The Labute approximate surface area is 124 Å². The van der Waals surface area contributed by atoms with E-state index in [-0.39, 0.29) is 0 Å². The first kappa shape index (κ1) is 19.4. The van der Waals surface area contributed by atoms with E-state index in [4.69, 9.17) is 5.11 Å². The van der Waals surface area contributed by atoms with Crippen LogP contribution in [0.1, 0.15) is 27.2 Å². The van der Waals surface area contributed by atoms with E-state index in [1.165, 1.54) is 0 Å². The van der Waals surface area contributed by atoms with Gasteiger partial charge in [-0.1, -0.05) is 13.8 Å². The molecule has 21 heavy (non-hydrogen) atoms. The van der Waals surface area contributed by atoms with E-state index in [1.54, 1.807) is 0 Å². The van der Waals surface area contributed by atoms with Gasteiger partial charge in [0.05, 0.1) is 5.75 Å². The van der Waals surface area contributed by atoms with Gasteiger partial charge in [-0.2, -0.15) is 0 Å². The molecule has 0 fully saturated rings. The Balaban J connectivity index is 4.49. The average molecular weight is 322 g/mol. The Morgan fingerprint density at radius 3 is 2.19 bits per heavy atom. The number of carbonyl (C=O) groups excluding carboxylic acids is 2. The van der Waals surface area contributed by atoms with Gasteiger partial charge >= 0.3 is 5.97 Å². The molecule has 0 aromatic heterocycles. The average Bonchev–Trinajstić information content (AvgIpc) is 2.25. The molecule has 2 amide bonds. The first-order valence-electron chi connectivity index (χ1n) is 6.50. The Morgan fingerprint density at radius 1 is 1.19 bits per heavy atom. The molecular formula is C12H22N2O6S. The molecular weight excluding hydrogens is 300 g/mol. The Bertz CT molecular complexity index is 486. The molecule has 1 atom stereocenters. The van der Waals surface area contributed by atoms with E-state index in [2.05, 4.69) is 5.32 Å². The lowest BCUT2D eigenvalue weighted by Crippen LogP contribution is -2.46. The minimum Gasteiger partial charge on any atom is -0.480 e. The molecule has 9 heteroatoms. The summed E-state index contributed by atoms with van der Waals surface area (Å²) in [5.41, 5.74) is 0. The molecule has 0 aromatic rings. The minimum absolute atomic E-state index is 0.361. The number of carboxylic acid groups (broad SMARTS) is 1. The van der Waals surface area contributed by atoms with Gasteiger partial charge in [0.25, 0.3) is 0 Å². The van der Waals surface area contributed by atoms with E-state index < -0.39 is 45.2 Å². The number of amides is 2. The maximum Gasteiger partial charge on any atom is 0.327 e. The van der Waals surface area contributed by atoms with Crippen molar-refractivity contribution in [2.24, 2.45) is 5.92 Å². The lowest BCUT2D eigenvalue weighted by Gasteiger charge is -2.13. The van der Waals surface area contributed by atoms with Gasteiger partial charge in [-0.25, -0.2) is 13.2 Å².